The van der Waals surface area contributed by atoms with Gasteiger partial charge in [0.1, 0.15) is 0 Å². The van der Waals surface area contributed by atoms with E-state index in [0.717, 1.165) is 21.3 Å². The van der Waals surface area contributed by atoms with E-state index in [1.54, 1.807) is 43.1 Å². The lowest BCUT2D eigenvalue weighted by Gasteiger charge is -2.22. The first-order chi connectivity index (χ1) is 15.9. The van der Waals surface area contributed by atoms with Gasteiger partial charge in [-0.3, -0.25) is 10.1 Å². The van der Waals surface area contributed by atoms with Crippen molar-refractivity contribution in [1.29, 1.82) is 0 Å². The van der Waals surface area contributed by atoms with Crippen LogP contribution in [0.25, 0.3) is 0 Å². The third-order valence-corrected chi connectivity index (χ3v) is 5.73. The number of hydrogen-bond acceptors (Lipinski definition) is 4. The molecule has 2 amide bonds. The number of carbonyl (C=O) groups excluding carboxylic acids is 2. The number of halogens is 1. The number of carbonyl (C=O) groups is 2. The molecule has 3 aromatic rings. The van der Waals surface area contributed by atoms with Crippen LogP contribution in [0.5, 0.6) is 0 Å². The Bertz CT molecular complexity index is 1160. The van der Waals surface area contributed by atoms with Crippen LogP contribution >= 0.6 is 15.9 Å². The van der Waals surface area contributed by atoms with Gasteiger partial charge in [0, 0.05) is 22.1 Å². The first-order valence-corrected chi connectivity index (χ1v) is 11.5. The number of nitrogens with one attached hydrogen (secondary N) is 1. The highest BCUT2D eigenvalue weighted by Gasteiger charge is 2.33. The van der Waals surface area contributed by atoms with Gasteiger partial charge in [-0.05, 0) is 61.4 Å². The third-order valence-electron chi connectivity index (χ3n) is 5.20. The molecule has 0 spiro atoms. The van der Waals surface area contributed by atoms with Gasteiger partial charge in [0.25, 0.3) is 5.91 Å². The van der Waals surface area contributed by atoms with Gasteiger partial charge in [0.2, 0.25) is 0 Å². The fraction of sp³-hybridized carbons (Fsp3) is 0.192. The number of rotatable bonds is 5. The van der Waals surface area contributed by atoms with Crippen molar-refractivity contribution in [3.05, 3.63) is 100 Å². The summed E-state index contributed by atoms with van der Waals surface area (Å²) in [7, 11) is 0. The predicted octanol–water partition coefficient (Wildman–Crippen LogP) is 6.40. The minimum atomic E-state index is -0.494. The summed E-state index contributed by atoms with van der Waals surface area (Å²) in [5.74, 6) is -0.152. The Labute approximate surface area is 201 Å². The third kappa shape index (κ3) is 5.49. The summed E-state index contributed by atoms with van der Waals surface area (Å²) < 4.78 is 6.03. The van der Waals surface area contributed by atoms with Crippen molar-refractivity contribution in [2.75, 3.05) is 5.32 Å². The van der Waals surface area contributed by atoms with Crippen LogP contribution in [0.2, 0.25) is 0 Å². The van der Waals surface area contributed by atoms with Crippen LogP contribution in [0.1, 0.15) is 47.8 Å². The van der Waals surface area contributed by atoms with Gasteiger partial charge < -0.3 is 4.74 Å². The summed E-state index contributed by atoms with van der Waals surface area (Å²) in [5.41, 5.74) is 3.93. The molecular formula is C26H24BrN3O3. The maximum Gasteiger partial charge on any atom is 0.411 e. The maximum atomic E-state index is 13.3. The van der Waals surface area contributed by atoms with Crippen LogP contribution in [-0.4, -0.2) is 28.8 Å². The Kier molecular flexibility index (Phi) is 6.89. The highest BCUT2D eigenvalue weighted by atomic mass is 79.9. The Morgan fingerprint density at radius 3 is 2.30 bits per heavy atom. The first-order valence-electron chi connectivity index (χ1n) is 10.7. The molecule has 168 valence electrons. The van der Waals surface area contributed by atoms with E-state index in [2.05, 4.69) is 21.2 Å². The van der Waals surface area contributed by atoms with Crippen molar-refractivity contribution in [2.24, 2.45) is 5.10 Å². The van der Waals surface area contributed by atoms with Crippen molar-refractivity contribution in [2.45, 2.75) is 32.4 Å². The molecule has 1 N–H and O–H groups in total. The van der Waals surface area contributed by atoms with E-state index in [0.29, 0.717) is 17.7 Å². The zero-order valence-corrected chi connectivity index (χ0v) is 20.0. The number of anilines is 1. The van der Waals surface area contributed by atoms with E-state index >= 15 is 0 Å². The number of hydrazone groups is 1. The Balaban J connectivity index is 1.59. The molecule has 1 atom stereocenters. The second kappa shape index (κ2) is 10.0. The van der Waals surface area contributed by atoms with Crippen LogP contribution in [0.15, 0.2) is 88.4 Å². The molecule has 1 aliphatic rings. The topological polar surface area (TPSA) is 71.0 Å². The zero-order valence-electron chi connectivity index (χ0n) is 18.4. The number of hydrogen-bond donors (Lipinski definition) is 1. The molecule has 0 aliphatic carbocycles. The van der Waals surface area contributed by atoms with Crippen molar-refractivity contribution in [3.63, 3.8) is 0 Å². The van der Waals surface area contributed by atoms with Crippen molar-refractivity contribution in [3.8, 4) is 0 Å². The summed E-state index contributed by atoms with van der Waals surface area (Å²) in [4.78, 5) is 25.2. The number of nitrogens with zero attached hydrogens (tertiary/aromatic N) is 2. The normalized spacial score (nSPS) is 15.3. The lowest BCUT2D eigenvalue weighted by atomic mass is 9.98. The van der Waals surface area contributed by atoms with Gasteiger partial charge in [-0.2, -0.15) is 5.10 Å². The minimum Gasteiger partial charge on any atom is -0.447 e. The molecule has 0 fully saturated rings. The fourth-order valence-corrected chi connectivity index (χ4v) is 3.90. The standard InChI is InChI=1S/C26H24BrN3O3/c1-17(2)33-26(32)28-22-14-10-18(11-15-22)23-16-24(19-6-4-3-5-7-19)30(29-23)25(31)20-8-12-21(27)13-9-20/h3-15,17,24H,16H2,1-2H3,(H,28,32)/t24-/m0/s1. The molecule has 1 aliphatic heterocycles. The molecule has 0 unspecified atom stereocenters. The van der Waals surface area contributed by atoms with Crippen molar-refractivity contribution in [1.82, 2.24) is 5.01 Å². The van der Waals surface area contributed by atoms with Gasteiger partial charge in [-0.1, -0.05) is 58.4 Å². The summed E-state index contributed by atoms with van der Waals surface area (Å²) in [5, 5.41) is 9.00. The zero-order chi connectivity index (χ0) is 23.4. The molecule has 0 radical (unpaired) electrons. The number of amides is 2. The highest BCUT2D eigenvalue weighted by Crippen LogP contribution is 2.34. The minimum absolute atomic E-state index is 0.152. The molecule has 0 saturated carbocycles. The molecule has 0 aromatic heterocycles. The fourth-order valence-electron chi connectivity index (χ4n) is 3.64. The van der Waals surface area contributed by atoms with E-state index in [1.807, 2.05) is 54.6 Å². The molecular weight excluding hydrogens is 482 g/mol. The van der Waals surface area contributed by atoms with E-state index in [9.17, 15) is 9.59 Å². The van der Waals surface area contributed by atoms with Gasteiger partial charge in [0.15, 0.2) is 0 Å². The van der Waals surface area contributed by atoms with Crippen LogP contribution < -0.4 is 5.32 Å². The maximum absolute atomic E-state index is 13.3. The summed E-state index contributed by atoms with van der Waals surface area (Å²) in [6.07, 6.45) is -0.0956. The molecule has 4 rings (SSSR count). The lowest BCUT2D eigenvalue weighted by molar-refractivity contribution is 0.0711. The van der Waals surface area contributed by atoms with Gasteiger partial charge in [-0.25, -0.2) is 9.80 Å². The van der Waals surface area contributed by atoms with Crippen LogP contribution in [0.4, 0.5) is 10.5 Å². The lowest BCUT2D eigenvalue weighted by Crippen LogP contribution is -2.27. The van der Waals surface area contributed by atoms with Crippen LogP contribution in [0, 0.1) is 0 Å². The highest BCUT2D eigenvalue weighted by molar-refractivity contribution is 9.10. The summed E-state index contributed by atoms with van der Waals surface area (Å²) >= 11 is 3.41. The molecule has 3 aromatic carbocycles. The van der Waals surface area contributed by atoms with Gasteiger partial charge >= 0.3 is 6.09 Å². The van der Waals surface area contributed by atoms with E-state index in [4.69, 9.17) is 9.84 Å². The van der Waals surface area contributed by atoms with Gasteiger partial charge in [-0.15, -0.1) is 0 Å². The molecule has 0 saturated heterocycles. The monoisotopic (exact) mass is 505 g/mol. The average Bonchev–Trinajstić information content (AvgIpc) is 3.25. The smallest absolute Gasteiger partial charge is 0.411 e. The van der Waals surface area contributed by atoms with Gasteiger partial charge in [0.05, 0.1) is 17.9 Å². The Hall–Kier alpha value is -3.45. The Morgan fingerprint density at radius 1 is 1.00 bits per heavy atom. The number of ether oxygens (including phenoxy) is 1. The van der Waals surface area contributed by atoms with E-state index < -0.39 is 6.09 Å². The van der Waals surface area contributed by atoms with Crippen molar-refractivity contribution < 1.29 is 14.3 Å². The van der Waals surface area contributed by atoms with Crippen LogP contribution in [0.3, 0.4) is 0 Å². The van der Waals surface area contributed by atoms with E-state index in [1.165, 1.54) is 0 Å². The summed E-state index contributed by atoms with van der Waals surface area (Å²) in [6, 6.07) is 24.4. The molecule has 33 heavy (non-hydrogen) atoms. The number of benzene rings is 3. The largest absolute Gasteiger partial charge is 0.447 e. The first kappa shape index (κ1) is 22.7. The molecule has 6 nitrogen and oxygen atoms in total. The summed E-state index contributed by atoms with van der Waals surface area (Å²) in [6.45, 7) is 3.59. The Morgan fingerprint density at radius 2 is 1.67 bits per heavy atom. The molecule has 7 heteroatoms. The molecule has 0 bridgehead atoms. The molecule has 1 heterocycles. The predicted molar refractivity (Wildman–Crippen MR) is 132 cm³/mol. The van der Waals surface area contributed by atoms with Crippen LogP contribution in [-0.2, 0) is 4.74 Å². The van der Waals surface area contributed by atoms with E-state index in [-0.39, 0.29) is 18.1 Å². The van der Waals surface area contributed by atoms with Crippen molar-refractivity contribution >= 4 is 39.3 Å². The quantitative estimate of drug-likeness (QED) is 0.436. The SMILES string of the molecule is CC(C)OC(=O)Nc1ccc(C2=NN(C(=O)c3ccc(Br)cc3)[C@H](c3ccccc3)C2)cc1. The second-order valence-electron chi connectivity index (χ2n) is 7.99. The second-order valence-corrected chi connectivity index (χ2v) is 8.91. The average molecular weight is 506 g/mol.